The van der Waals surface area contributed by atoms with E-state index in [0.717, 1.165) is 18.5 Å². The zero-order valence-corrected chi connectivity index (χ0v) is 12.0. The Morgan fingerprint density at radius 2 is 1.95 bits per heavy atom. The van der Waals surface area contributed by atoms with Crippen molar-refractivity contribution in [3.63, 3.8) is 0 Å². The predicted molar refractivity (Wildman–Crippen MR) is 76.2 cm³/mol. The third kappa shape index (κ3) is 3.28. The number of nitrogens with one attached hydrogen (secondary N) is 1. The van der Waals surface area contributed by atoms with Gasteiger partial charge in [-0.2, -0.15) is 0 Å². The minimum atomic E-state index is -1.18. The van der Waals surface area contributed by atoms with Gasteiger partial charge in [0.05, 0.1) is 5.56 Å². The molecule has 3 nitrogen and oxygen atoms in total. The highest BCUT2D eigenvalue weighted by molar-refractivity contribution is 6.25. The zero-order valence-electron chi connectivity index (χ0n) is 11.2. The van der Waals surface area contributed by atoms with Crippen LogP contribution in [0.3, 0.4) is 0 Å². The Morgan fingerprint density at radius 3 is 2.74 bits per heavy atom. The fourth-order valence-corrected chi connectivity index (χ4v) is 2.62. The van der Waals surface area contributed by atoms with Gasteiger partial charge in [0.2, 0.25) is 0 Å². The Hall–Kier alpha value is -1.06. The van der Waals surface area contributed by atoms with Gasteiger partial charge in [0, 0.05) is 12.1 Å². The highest BCUT2D eigenvalue weighted by Crippen LogP contribution is 2.37. The van der Waals surface area contributed by atoms with Gasteiger partial charge in [-0.3, -0.25) is 5.32 Å². The van der Waals surface area contributed by atoms with E-state index < -0.39 is 5.18 Å². The largest absolute Gasteiger partial charge is 0.421 e. The van der Waals surface area contributed by atoms with E-state index in [4.69, 9.17) is 16.3 Å². The van der Waals surface area contributed by atoms with Crippen LogP contribution in [0.15, 0.2) is 24.3 Å². The molecule has 1 N–H and O–H groups in total. The second-order valence-electron chi connectivity index (χ2n) is 4.87. The predicted octanol–water partition coefficient (Wildman–Crippen LogP) is 3.77. The van der Waals surface area contributed by atoms with Crippen LogP contribution in [0.2, 0.25) is 0 Å². The summed E-state index contributed by atoms with van der Waals surface area (Å²) in [6, 6.07) is 7.25. The molecule has 0 saturated heterocycles. The van der Waals surface area contributed by atoms with Crippen LogP contribution < -0.4 is 5.32 Å². The first-order valence-electron chi connectivity index (χ1n) is 6.94. The molecular formula is C15H20ClNO2. The van der Waals surface area contributed by atoms with Crippen molar-refractivity contribution in [3.8, 4) is 0 Å². The molecule has 0 saturated carbocycles. The number of cyclic esters (lactones) is 1. The smallest absolute Gasteiger partial charge is 0.341 e. The van der Waals surface area contributed by atoms with E-state index >= 15 is 0 Å². The lowest BCUT2D eigenvalue weighted by Crippen LogP contribution is -2.37. The minimum absolute atomic E-state index is 0.357. The Labute approximate surface area is 119 Å². The highest BCUT2D eigenvalue weighted by atomic mass is 35.5. The van der Waals surface area contributed by atoms with E-state index in [1.165, 1.54) is 25.7 Å². The van der Waals surface area contributed by atoms with Crippen molar-refractivity contribution in [2.45, 2.75) is 44.2 Å². The van der Waals surface area contributed by atoms with E-state index in [2.05, 4.69) is 12.2 Å². The Morgan fingerprint density at radius 1 is 1.21 bits per heavy atom. The Bertz CT molecular complexity index is 450. The molecule has 19 heavy (non-hydrogen) atoms. The summed E-state index contributed by atoms with van der Waals surface area (Å²) in [7, 11) is 0. The first-order valence-corrected chi connectivity index (χ1v) is 7.32. The number of hydrogen-bond acceptors (Lipinski definition) is 3. The van der Waals surface area contributed by atoms with E-state index in [0.29, 0.717) is 5.56 Å². The summed E-state index contributed by atoms with van der Waals surface area (Å²) in [5.74, 6) is -0.357. The molecular weight excluding hydrogens is 262 g/mol. The number of ether oxygens (including phenoxy) is 1. The molecule has 1 atom stereocenters. The summed E-state index contributed by atoms with van der Waals surface area (Å²) in [5.41, 5.74) is 1.27. The molecule has 0 radical (unpaired) electrons. The number of benzene rings is 1. The topological polar surface area (TPSA) is 38.3 Å². The van der Waals surface area contributed by atoms with Crippen LogP contribution in [0.4, 0.5) is 0 Å². The second kappa shape index (κ2) is 6.40. The molecule has 0 spiro atoms. The normalized spacial score (nSPS) is 21.3. The zero-order chi connectivity index (χ0) is 13.7. The SMILES string of the molecule is CCCCCCCNC1(Cl)OC(=O)c2ccccc21. The van der Waals surface area contributed by atoms with Crippen LogP contribution in [0.5, 0.6) is 0 Å². The summed E-state index contributed by atoms with van der Waals surface area (Å²) < 4.78 is 5.26. The van der Waals surface area contributed by atoms with Crippen molar-refractivity contribution in [1.82, 2.24) is 5.32 Å². The molecule has 1 aliphatic heterocycles. The first-order chi connectivity index (χ1) is 9.17. The van der Waals surface area contributed by atoms with E-state index in [1.54, 1.807) is 6.07 Å². The van der Waals surface area contributed by atoms with Gasteiger partial charge in [0.15, 0.2) is 0 Å². The summed E-state index contributed by atoms with van der Waals surface area (Å²) in [6.07, 6.45) is 5.95. The number of alkyl halides is 1. The van der Waals surface area contributed by atoms with Gasteiger partial charge >= 0.3 is 5.97 Å². The van der Waals surface area contributed by atoms with Gasteiger partial charge in [-0.1, -0.05) is 62.4 Å². The van der Waals surface area contributed by atoms with E-state index in [-0.39, 0.29) is 5.97 Å². The maximum Gasteiger partial charge on any atom is 0.341 e. The molecule has 2 rings (SSSR count). The molecule has 1 unspecified atom stereocenters. The van der Waals surface area contributed by atoms with Gasteiger partial charge in [-0.25, -0.2) is 4.79 Å². The number of unbranched alkanes of at least 4 members (excludes halogenated alkanes) is 4. The summed E-state index contributed by atoms with van der Waals surface area (Å²) in [5, 5.41) is 1.96. The van der Waals surface area contributed by atoms with Crippen LogP contribution in [-0.4, -0.2) is 12.5 Å². The fourth-order valence-electron chi connectivity index (χ4n) is 2.29. The van der Waals surface area contributed by atoms with Gasteiger partial charge in [0.25, 0.3) is 5.18 Å². The minimum Gasteiger partial charge on any atom is -0.421 e. The Balaban J connectivity index is 1.88. The van der Waals surface area contributed by atoms with Crippen LogP contribution in [0, 0.1) is 0 Å². The van der Waals surface area contributed by atoms with Gasteiger partial charge in [0.1, 0.15) is 0 Å². The monoisotopic (exact) mass is 281 g/mol. The number of carbonyl (C=O) groups excluding carboxylic acids is 1. The number of fused-ring (bicyclic) bond motifs is 1. The quantitative estimate of drug-likeness (QED) is 0.358. The van der Waals surface area contributed by atoms with Crippen LogP contribution >= 0.6 is 11.6 Å². The van der Waals surface area contributed by atoms with Gasteiger partial charge in [-0.15, -0.1) is 0 Å². The molecule has 1 aliphatic rings. The number of rotatable bonds is 7. The summed E-state index contributed by atoms with van der Waals surface area (Å²) in [6.45, 7) is 2.94. The molecule has 4 heteroatoms. The third-order valence-corrected chi connectivity index (χ3v) is 3.77. The van der Waals surface area contributed by atoms with Crippen molar-refractivity contribution in [3.05, 3.63) is 35.4 Å². The van der Waals surface area contributed by atoms with Crippen molar-refractivity contribution >= 4 is 17.6 Å². The summed E-state index contributed by atoms with van der Waals surface area (Å²) >= 11 is 6.38. The lowest BCUT2D eigenvalue weighted by molar-refractivity contribution is 0.0150. The first kappa shape index (κ1) is 14.4. The van der Waals surface area contributed by atoms with Crippen molar-refractivity contribution in [1.29, 1.82) is 0 Å². The third-order valence-electron chi connectivity index (χ3n) is 3.36. The van der Waals surface area contributed by atoms with Crippen LogP contribution in [-0.2, 0) is 9.92 Å². The maximum atomic E-state index is 11.7. The number of esters is 1. The standard InChI is InChI=1S/C15H20ClNO2/c1-2-3-4-5-8-11-17-15(16)13-10-7-6-9-12(13)14(18)19-15/h6-7,9-10,17H,2-5,8,11H2,1H3. The van der Waals surface area contributed by atoms with E-state index in [9.17, 15) is 4.79 Å². The number of carbonyl (C=O) groups is 1. The lowest BCUT2D eigenvalue weighted by Gasteiger charge is -2.22. The molecule has 1 heterocycles. The van der Waals surface area contributed by atoms with Crippen LogP contribution in [0.1, 0.15) is 54.9 Å². The van der Waals surface area contributed by atoms with Crippen LogP contribution in [0.25, 0.3) is 0 Å². The molecule has 0 aromatic heterocycles. The van der Waals surface area contributed by atoms with Crippen molar-refractivity contribution in [2.24, 2.45) is 0 Å². The molecule has 104 valence electrons. The average molecular weight is 282 g/mol. The molecule has 0 aliphatic carbocycles. The summed E-state index contributed by atoms with van der Waals surface area (Å²) in [4.78, 5) is 11.7. The molecule has 1 aromatic carbocycles. The molecule has 0 fully saturated rings. The van der Waals surface area contributed by atoms with Gasteiger partial charge < -0.3 is 4.74 Å². The number of halogens is 1. The maximum absolute atomic E-state index is 11.7. The van der Waals surface area contributed by atoms with Crippen molar-refractivity contribution < 1.29 is 9.53 Å². The fraction of sp³-hybridized carbons (Fsp3) is 0.533. The average Bonchev–Trinajstić information content (AvgIpc) is 2.67. The second-order valence-corrected chi connectivity index (χ2v) is 5.40. The molecule has 0 amide bonds. The highest BCUT2D eigenvalue weighted by Gasteiger charge is 2.43. The molecule has 0 bridgehead atoms. The Kier molecular flexibility index (Phi) is 4.83. The molecule has 1 aromatic rings. The van der Waals surface area contributed by atoms with Gasteiger partial charge in [-0.05, 0) is 12.5 Å². The number of hydrogen-bond donors (Lipinski definition) is 1. The lowest BCUT2D eigenvalue weighted by atomic mass is 10.1. The van der Waals surface area contributed by atoms with Crippen molar-refractivity contribution in [2.75, 3.05) is 6.54 Å². The van der Waals surface area contributed by atoms with E-state index in [1.807, 2.05) is 18.2 Å².